The number of hydrogen-bond donors (Lipinski definition) is 0. The monoisotopic (exact) mass is 585 g/mol. The molecule has 0 spiro atoms. The van der Waals surface area contributed by atoms with Gasteiger partial charge in [0.15, 0.2) is 16.7 Å². The van der Waals surface area contributed by atoms with Gasteiger partial charge in [-0.1, -0.05) is 23.9 Å². The lowest BCUT2D eigenvalue weighted by Gasteiger charge is -2.38. The molecule has 3 aliphatic rings. The maximum absolute atomic E-state index is 13.7. The van der Waals surface area contributed by atoms with Gasteiger partial charge in [-0.25, -0.2) is 9.79 Å². The van der Waals surface area contributed by atoms with Crippen molar-refractivity contribution in [3.63, 3.8) is 0 Å². The summed E-state index contributed by atoms with van der Waals surface area (Å²) in [5.41, 5.74) is 1.54. The zero-order chi connectivity index (χ0) is 29.9. The number of methoxy groups -OCH3 is 2. The minimum atomic E-state index is -0.727. The van der Waals surface area contributed by atoms with Gasteiger partial charge in [-0.15, -0.1) is 0 Å². The number of fused-ring (bicyclic) bond motifs is 1. The van der Waals surface area contributed by atoms with Crippen molar-refractivity contribution in [2.75, 3.05) is 33.9 Å². The molecule has 11 heteroatoms. The highest BCUT2D eigenvalue weighted by Gasteiger charge is 2.44. The summed E-state index contributed by atoms with van der Waals surface area (Å²) in [5, 5.41) is 2.55. The van der Waals surface area contributed by atoms with E-state index in [-0.39, 0.29) is 24.2 Å². The molecule has 1 aromatic carbocycles. The van der Waals surface area contributed by atoms with Crippen LogP contribution in [0.5, 0.6) is 11.5 Å². The molecular weight excluding hydrogens is 546 g/mol. The van der Waals surface area contributed by atoms with Crippen molar-refractivity contribution in [2.24, 2.45) is 10.9 Å². The molecule has 2 atom stereocenters. The first-order valence-corrected chi connectivity index (χ1v) is 14.7. The molecule has 0 saturated carbocycles. The second-order valence-electron chi connectivity index (χ2n) is 11.1. The lowest BCUT2D eigenvalue weighted by molar-refractivity contribution is -0.152. The zero-order valence-corrected chi connectivity index (χ0v) is 25.6. The standard InChI is InChI=1S/C30H39N3O7S/c1-8-39-27(35)19-11-10-14-32(16-19)23(34)15-20-17-41-29-31-18(2)24(28(36)40-30(3,4)5)25(33(20)29)21-12-9-13-22(37-6)26(21)38-7/h9,12-13,17,19,25H,8,10-11,14-16H2,1-7H3. The summed E-state index contributed by atoms with van der Waals surface area (Å²) in [7, 11) is 3.11. The van der Waals surface area contributed by atoms with Crippen LogP contribution >= 0.6 is 11.8 Å². The van der Waals surface area contributed by atoms with Gasteiger partial charge in [-0.3, -0.25) is 9.59 Å². The Labute approximate surface area is 245 Å². The summed E-state index contributed by atoms with van der Waals surface area (Å²) in [6.45, 7) is 10.2. The van der Waals surface area contributed by atoms with Crippen LogP contribution in [0.15, 0.2) is 45.6 Å². The number of nitrogens with zero attached hydrogens (tertiary/aromatic N) is 3. The van der Waals surface area contributed by atoms with E-state index in [4.69, 9.17) is 23.9 Å². The number of esters is 2. The molecule has 0 aromatic heterocycles. The van der Waals surface area contributed by atoms with E-state index in [1.54, 1.807) is 39.0 Å². The highest BCUT2D eigenvalue weighted by atomic mass is 32.2. The van der Waals surface area contributed by atoms with Gasteiger partial charge in [0.25, 0.3) is 0 Å². The number of rotatable bonds is 8. The summed E-state index contributed by atoms with van der Waals surface area (Å²) >= 11 is 1.40. The molecule has 0 aliphatic carbocycles. The first-order chi connectivity index (χ1) is 19.5. The number of aliphatic imine (C=N–C) groups is 1. The number of piperidine rings is 1. The summed E-state index contributed by atoms with van der Waals surface area (Å²) in [5.74, 6) is -0.200. The second kappa shape index (κ2) is 12.6. The minimum Gasteiger partial charge on any atom is -0.493 e. The van der Waals surface area contributed by atoms with Gasteiger partial charge in [-0.05, 0) is 58.9 Å². The number of carbonyl (C=O) groups excluding carboxylic acids is 3. The van der Waals surface area contributed by atoms with E-state index >= 15 is 0 Å². The Hall–Kier alpha value is -3.47. The summed E-state index contributed by atoms with van der Waals surface area (Å²) in [6, 6.07) is 4.83. The first kappa shape index (κ1) is 30.5. The number of hydrogen-bond acceptors (Lipinski definition) is 10. The Balaban J connectivity index is 1.70. The van der Waals surface area contributed by atoms with Gasteiger partial charge in [0, 0.05) is 24.4 Å². The van der Waals surface area contributed by atoms with E-state index in [0.717, 1.165) is 6.42 Å². The average Bonchev–Trinajstić information content (AvgIpc) is 3.32. The predicted octanol–water partition coefficient (Wildman–Crippen LogP) is 4.81. The molecule has 3 heterocycles. The molecule has 222 valence electrons. The number of ether oxygens (including phenoxy) is 4. The molecule has 0 bridgehead atoms. The number of benzene rings is 1. The van der Waals surface area contributed by atoms with Crippen LogP contribution in [0.3, 0.4) is 0 Å². The van der Waals surface area contributed by atoms with Crippen molar-refractivity contribution >= 4 is 34.8 Å². The zero-order valence-electron chi connectivity index (χ0n) is 24.8. The topological polar surface area (TPSA) is 107 Å². The maximum Gasteiger partial charge on any atom is 0.338 e. The number of likely N-dealkylation sites (tertiary alicyclic amines) is 1. The fourth-order valence-corrected chi connectivity index (χ4v) is 6.27. The SMILES string of the molecule is CCOC(=O)C1CCCN(C(=O)CC2=CSC3=NC(C)=C(C(=O)OC(C)(C)C)C(c4cccc(OC)c4OC)N23)C1. The summed E-state index contributed by atoms with van der Waals surface area (Å²) in [6.07, 6.45) is 1.50. The van der Waals surface area contributed by atoms with Crippen molar-refractivity contribution in [2.45, 2.75) is 65.5 Å². The van der Waals surface area contributed by atoms with E-state index in [1.165, 1.54) is 11.8 Å². The van der Waals surface area contributed by atoms with E-state index < -0.39 is 17.6 Å². The van der Waals surface area contributed by atoms with E-state index in [0.29, 0.717) is 65.3 Å². The Morgan fingerprint density at radius 3 is 2.56 bits per heavy atom. The van der Waals surface area contributed by atoms with Gasteiger partial charge in [-0.2, -0.15) is 0 Å². The molecule has 2 unspecified atom stereocenters. The van der Waals surface area contributed by atoms with Crippen LogP contribution in [-0.4, -0.2) is 72.3 Å². The molecule has 10 nitrogen and oxygen atoms in total. The number of carbonyl (C=O) groups is 3. The van der Waals surface area contributed by atoms with Crippen molar-refractivity contribution in [3.8, 4) is 11.5 Å². The van der Waals surface area contributed by atoms with Gasteiger partial charge in [0.1, 0.15) is 5.60 Å². The lowest BCUT2D eigenvalue weighted by atomic mass is 9.92. The highest BCUT2D eigenvalue weighted by molar-refractivity contribution is 8.16. The van der Waals surface area contributed by atoms with E-state index in [1.807, 2.05) is 43.2 Å². The number of thioether (sulfide) groups is 1. The third-order valence-corrected chi connectivity index (χ3v) is 7.96. The van der Waals surface area contributed by atoms with Crippen molar-refractivity contribution < 1.29 is 33.3 Å². The van der Waals surface area contributed by atoms with Crippen LogP contribution in [0.25, 0.3) is 0 Å². The number of amides is 1. The van der Waals surface area contributed by atoms with E-state index in [9.17, 15) is 14.4 Å². The van der Waals surface area contributed by atoms with Crippen molar-refractivity contribution in [1.82, 2.24) is 9.80 Å². The fourth-order valence-electron chi connectivity index (χ4n) is 5.31. The Kier molecular flexibility index (Phi) is 9.36. The molecule has 1 saturated heterocycles. The largest absolute Gasteiger partial charge is 0.493 e. The average molecular weight is 586 g/mol. The predicted molar refractivity (Wildman–Crippen MR) is 156 cm³/mol. The van der Waals surface area contributed by atoms with Crippen LogP contribution in [-0.2, 0) is 23.9 Å². The molecule has 1 fully saturated rings. The Morgan fingerprint density at radius 1 is 1.15 bits per heavy atom. The normalized spacial score (nSPS) is 20.7. The summed E-state index contributed by atoms with van der Waals surface area (Å²) in [4.78, 5) is 48.1. The molecule has 1 amide bonds. The Morgan fingerprint density at radius 2 is 1.90 bits per heavy atom. The third kappa shape index (κ3) is 6.55. The van der Waals surface area contributed by atoms with E-state index in [2.05, 4.69) is 0 Å². The molecular formula is C30H39N3O7S. The Bertz CT molecular complexity index is 1300. The number of allylic oxidation sites excluding steroid dienone is 1. The van der Waals surface area contributed by atoms with Crippen LogP contribution in [0.2, 0.25) is 0 Å². The van der Waals surface area contributed by atoms with Crippen molar-refractivity contribution in [1.29, 1.82) is 0 Å². The molecule has 1 aromatic rings. The molecule has 0 radical (unpaired) electrons. The molecule has 0 N–H and O–H groups in total. The van der Waals surface area contributed by atoms with Gasteiger partial charge < -0.3 is 28.7 Å². The summed E-state index contributed by atoms with van der Waals surface area (Å²) < 4.78 is 22.4. The van der Waals surface area contributed by atoms with Gasteiger partial charge in [0.05, 0.1) is 50.5 Å². The van der Waals surface area contributed by atoms with Crippen LogP contribution in [0, 0.1) is 5.92 Å². The van der Waals surface area contributed by atoms with Crippen LogP contribution in [0.4, 0.5) is 0 Å². The van der Waals surface area contributed by atoms with Crippen molar-refractivity contribution in [3.05, 3.63) is 46.1 Å². The quantitative estimate of drug-likeness (QED) is 0.397. The fraction of sp³-hybridized carbons (Fsp3) is 0.533. The lowest BCUT2D eigenvalue weighted by Crippen LogP contribution is -2.44. The first-order valence-electron chi connectivity index (χ1n) is 13.8. The van der Waals surface area contributed by atoms with Gasteiger partial charge in [0.2, 0.25) is 5.91 Å². The second-order valence-corrected chi connectivity index (χ2v) is 11.9. The van der Waals surface area contributed by atoms with Gasteiger partial charge >= 0.3 is 11.9 Å². The third-order valence-electron chi connectivity index (χ3n) is 7.07. The number of para-hydroxylation sites is 1. The smallest absolute Gasteiger partial charge is 0.338 e. The molecule has 3 aliphatic heterocycles. The number of amidine groups is 1. The molecule has 41 heavy (non-hydrogen) atoms. The minimum absolute atomic E-state index is 0.0744. The van der Waals surface area contributed by atoms with Crippen LogP contribution in [0.1, 0.15) is 65.5 Å². The molecule has 4 rings (SSSR count). The highest BCUT2D eigenvalue weighted by Crippen LogP contribution is 2.49. The van der Waals surface area contributed by atoms with Crippen LogP contribution < -0.4 is 9.47 Å². The maximum atomic E-state index is 13.7.